The van der Waals surface area contributed by atoms with Crippen LogP contribution in [0.3, 0.4) is 0 Å². The molecule has 0 N–H and O–H groups in total. The summed E-state index contributed by atoms with van der Waals surface area (Å²) in [6, 6.07) is 27.9. The lowest BCUT2D eigenvalue weighted by atomic mass is 10.1. The van der Waals surface area contributed by atoms with E-state index in [1.165, 1.54) is 0 Å². The standard InChI is InChI=1S/2C17H16N2O2.ClH/c2*1-20-16-8-7-12(10-17(16)21-2)9-15-13-5-3-4-6-14(13)18-11-19-15;/h2*3-8,10-11H,9H2,1-2H3;1H. The van der Waals surface area contributed by atoms with Gasteiger partial charge in [-0.2, -0.15) is 0 Å². The highest BCUT2D eigenvalue weighted by molar-refractivity contribution is 5.85. The Balaban J connectivity index is 0.000000192. The van der Waals surface area contributed by atoms with Gasteiger partial charge in [-0.15, -0.1) is 12.4 Å². The largest absolute Gasteiger partial charge is 0.493 e. The van der Waals surface area contributed by atoms with Gasteiger partial charge < -0.3 is 18.9 Å². The summed E-state index contributed by atoms with van der Waals surface area (Å²) < 4.78 is 21.2. The number of fused-ring (bicyclic) bond motifs is 2. The smallest absolute Gasteiger partial charge is 0.160 e. The number of methoxy groups -OCH3 is 4. The van der Waals surface area contributed by atoms with Crippen molar-refractivity contribution in [1.29, 1.82) is 0 Å². The summed E-state index contributed by atoms with van der Waals surface area (Å²) in [5.41, 5.74) is 6.18. The van der Waals surface area contributed by atoms with Crippen LogP contribution in [0.4, 0.5) is 0 Å². The summed E-state index contributed by atoms with van der Waals surface area (Å²) in [7, 11) is 6.55. The van der Waals surface area contributed by atoms with E-state index >= 15 is 0 Å². The van der Waals surface area contributed by atoms with E-state index in [0.29, 0.717) is 0 Å². The zero-order chi connectivity index (χ0) is 29.3. The molecule has 0 atom stereocenters. The molecule has 2 heterocycles. The van der Waals surface area contributed by atoms with E-state index in [-0.39, 0.29) is 12.4 Å². The SMILES string of the molecule is COc1ccc(Cc2ncnc3ccccc23)cc1OC.COc1ccc(Cc2ncnc3ccccc23)cc1OC.Cl. The van der Waals surface area contributed by atoms with Crippen LogP contribution < -0.4 is 18.9 Å². The average molecular weight is 597 g/mol. The van der Waals surface area contributed by atoms with Gasteiger partial charge in [0.05, 0.1) is 50.9 Å². The second-order valence-electron chi connectivity index (χ2n) is 9.41. The summed E-state index contributed by atoms with van der Waals surface area (Å²) in [4.78, 5) is 17.4. The lowest BCUT2D eigenvalue weighted by Gasteiger charge is -2.10. The monoisotopic (exact) mass is 596 g/mol. The predicted molar refractivity (Wildman–Crippen MR) is 171 cm³/mol. The highest BCUT2D eigenvalue weighted by Crippen LogP contribution is 2.30. The van der Waals surface area contributed by atoms with E-state index in [2.05, 4.69) is 19.9 Å². The fourth-order valence-electron chi connectivity index (χ4n) is 4.77. The van der Waals surface area contributed by atoms with Crippen molar-refractivity contribution in [2.75, 3.05) is 28.4 Å². The summed E-state index contributed by atoms with van der Waals surface area (Å²) in [6.07, 6.45) is 4.67. The fourth-order valence-corrected chi connectivity index (χ4v) is 4.77. The summed E-state index contributed by atoms with van der Waals surface area (Å²) in [5, 5.41) is 2.16. The molecule has 0 fully saturated rings. The van der Waals surface area contributed by atoms with Gasteiger partial charge >= 0.3 is 0 Å². The lowest BCUT2D eigenvalue weighted by Crippen LogP contribution is -1.97. The fraction of sp³-hybridized carbons (Fsp3) is 0.176. The van der Waals surface area contributed by atoms with Gasteiger partial charge in [0.15, 0.2) is 23.0 Å². The predicted octanol–water partition coefficient (Wildman–Crippen LogP) is 6.90. The van der Waals surface area contributed by atoms with Crippen LogP contribution in [0.2, 0.25) is 0 Å². The normalized spacial score (nSPS) is 10.3. The molecular weight excluding hydrogens is 564 g/mol. The number of nitrogens with zero attached hydrogens (tertiary/aromatic N) is 4. The van der Waals surface area contributed by atoms with Crippen molar-refractivity contribution in [2.45, 2.75) is 12.8 Å². The first-order valence-corrected chi connectivity index (χ1v) is 13.4. The molecular formula is C34H33ClN4O4. The van der Waals surface area contributed by atoms with Crippen LogP contribution in [0.25, 0.3) is 21.8 Å². The number of hydrogen-bond acceptors (Lipinski definition) is 8. The maximum atomic E-state index is 5.34. The first-order valence-electron chi connectivity index (χ1n) is 13.4. The molecule has 8 nitrogen and oxygen atoms in total. The van der Waals surface area contributed by atoms with Crippen molar-refractivity contribution in [3.8, 4) is 23.0 Å². The van der Waals surface area contributed by atoms with Crippen molar-refractivity contribution >= 4 is 34.2 Å². The number of aromatic nitrogens is 4. The molecule has 0 saturated heterocycles. The van der Waals surface area contributed by atoms with Crippen molar-refractivity contribution in [3.05, 3.63) is 120 Å². The molecule has 9 heteroatoms. The molecule has 6 aromatic rings. The number of hydrogen-bond donors (Lipinski definition) is 0. The minimum atomic E-state index is 0. The van der Waals surface area contributed by atoms with Crippen LogP contribution in [-0.2, 0) is 12.8 Å². The van der Waals surface area contributed by atoms with Gasteiger partial charge in [-0.25, -0.2) is 19.9 Å². The quantitative estimate of drug-likeness (QED) is 0.187. The number of rotatable bonds is 8. The zero-order valence-electron chi connectivity index (χ0n) is 24.5. The van der Waals surface area contributed by atoms with Crippen molar-refractivity contribution in [3.63, 3.8) is 0 Å². The molecule has 2 aromatic heterocycles. The molecule has 0 bridgehead atoms. The minimum Gasteiger partial charge on any atom is -0.493 e. The molecule has 43 heavy (non-hydrogen) atoms. The van der Waals surface area contributed by atoms with Crippen LogP contribution >= 0.6 is 12.4 Å². The van der Waals surface area contributed by atoms with E-state index in [9.17, 15) is 0 Å². The number of para-hydroxylation sites is 2. The van der Waals surface area contributed by atoms with Crippen molar-refractivity contribution < 1.29 is 18.9 Å². The van der Waals surface area contributed by atoms with Crippen LogP contribution in [-0.4, -0.2) is 48.4 Å². The topological polar surface area (TPSA) is 88.5 Å². The Kier molecular flexibility index (Phi) is 10.7. The van der Waals surface area contributed by atoms with Gasteiger partial charge in [-0.3, -0.25) is 0 Å². The molecule has 220 valence electrons. The highest BCUT2D eigenvalue weighted by atomic mass is 35.5. The minimum absolute atomic E-state index is 0. The van der Waals surface area contributed by atoms with Crippen molar-refractivity contribution in [1.82, 2.24) is 19.9 Å². The van der Waals surface area contributed by atoms with Gasteiger partial charge in [-0.1, -0.05) is 48.5 Å². The Morgan fingerprint density at radius 1 is 0.465 bits per heavy atom. The second-order valence-corrected chi connectivity index (χ2v) is 9.41. The van der Waals surface area contributed by atoms with Gasteiger partial charge in [0.2, 0.25) is 0 Å². The highest BCUT2D eigenvalue weighted by Gasteiger charge is 2.10. The second kappa shape index (κ2) is 14.8. The molecule has 6 rings (SSSR count). The molecule has 0 aliphatic rings. The first-order chi connectivity index (χ1) is 20.6. The summed E-state index contributed by atoms with van der Waals surface area (Å²) in [6.45, 7) is 0. The van der Waals surface area contributed by atoms with Gasteiger partial charge in [0.25, 0.3) is 0 Å². The molecule has 0 aliphatic carbocycles. The van der Waals surface area contributed by atoms with E-state index in [4.69, 9.17) is 18.9 Å². The van der Waals surface area contributed by atoms with E-state index in [1.54, 1.807) is 41.1 Å². The van der Waals surface area contributed by atoms with Crippen LogP contribution in [0.1, 0.15) is 22.5 Å². The molecule has 0 spiro atoms. The lowest BCUT2D eigenvalue weighted by molar-refractivity contribution is 0.354. The summed E-state index contributed by atoms with van der Waals surface area (Å²) >= 11 is 0. The third kappa shape index (κ3) is 7.28. The van der Waals surface area contributed by atoms with Crippen LogP contribution in [0.5, 0.6) is 23.0 Å². The van der Waals surface area contributed by atoms with E-state index < -0.39 is 0 Å². The third-order valence-corrected chi connectivity index (χ3v) is 6.89. The van der Waals surface area contributed by atoms with Crippen LogP contribution in [0, 0.1) is 0 Å². The Bertz CT molecular complexity index is 1670. The molecule has 4 aromatic carbocycles. The molecule has 0 radical (unpaired) electrons. The Morgan fingerprint density at radius 3 is 1.26 bits per heavy atom. The van der Waals surface area contributed by atoms with Crippen LogP contribution in [0.15, 0.2) is 97.6 Å². The Hall–Kier alpha value is -4.95. The van der Waals surface area contributed by atoms with Crippen molar-refractivity contribution in [2.24, 2.45) is 0 Å². The summed E-state index contributed by atoms with van der Waals surface area (Å²) in [5.74, 6) is 2.92. The van der Waals surface area contributed by atoms with Gasteiger partial charge in [-0.05, 0) is 47.5 Å². The average Bonchev–Trinajstić information content (AvgIpc) is 3.05. The number of ether oxygens (including phenoxy) is 4. The first kappa shape index (κ1) is 31.0. The van der Waals surface area contributed by atoms with Gasteiger partial charge in [0.1, 0.15) is 12.7 Å². The van der Waals surface area contributed by atoms with E-state index in [1.807, 2.05) is 84.9 Å². The number of halogens is 1. The Morgan fingerprint density at radius 2 is 0.860 bits per heavy atom. The van der Waals surface area contributed by atoms with Gasteiger partial charge in [0, 0.05) is 23.6 Å². The maximum Gasteiger partial charge on any atom is 0.160 e. The zero-order valence-corrected chi connectivity index (χ0v) is 25.3. The number of benzene rings is 4. The molecule has 0 unspecified atom stereocenters. The molecule has 0 aliphatic heterocycles. The molecule has 0 amide bonds. The Labute approximate surface area is 257 Å². The maximum absolute atomic E-state index is 5.34. The third-order valence-electron chi connectivity index (χ3n) is 6.89. The molecule has 0 saturated carbocycles. The van der Waals surface area contributed by atoms with E-state index in [0.717, 1.165) is 80.2 Å².